The van der Waals surface area contributed by atoms with Crippen molar-refractivity contribution in [2.45, 2.75) is 38.3 Å². The molecule has 1 heterocycles. The third-order valence-electron chi connectivity index (χ3n) is 4.16. The van der Waals surface area contributed by atoms with E-state index < -0.39 is 6.04 Å². The maximum absolute atomic E-state index is 12.4. The van der Waals surface area contributed by atoms with Gasteiger partial charge in [0.1, 0.15) is 5.82 Å². The van der Waals surface area contributed by atoms with E-state index in [-0.39, 0.29) is 11.9 Å². The molecule has 0 bridgehead atoms. The number of nitrogens with zero attached hydrogens (tertiary/aromatic N) is 2. The number of rotatable bonds is 8. The normalized spacial score (nSPS) is 13.5. The fourth-order valence-electron chi connectivity index (χ4n) is 2.67. The molecule has 1 aromatic heterocycles. The minimum Gasteiger partial charge on any atom is -0.340 e. The van der Waals surface area contributed by atoms with Gasteiger partial charge in [0.25, 0.3) is 0 Å². The number of imidazole rings is 1. The van der Waals surface area contributed by atoms with Crippen LogP contribution in [-0.4, -0.2) is 39.6 Å². The average molecular weight is 347 g/mol. The molecule has 5 nitrogen and oxygen atoms in total. The van der Waals surface area contributed by atoms with E-state index in [1.165, 1.54) is 0 Å². The van der Waals surface area contributed by atoms with E-state index in [9.17, 15) is 4.79 Å². The first-order chi connectivity index (χ1) is 11.6. The Hall–Kier alpha value is -1.79. The van der Waals surface area contributed by atoms with Crippen molar-refractivity contribution >= 4 is 18.5 Å². The zero-order valence-corrected chi connectivity index (χ0v) is 15.2. The van der Waals surface area contributed by atoms with Crippen LogP contribution in [0.25, 0.3) is 11.3 Å². The number of aromatic nitrogens is 2. The van der Waals surface area contributed by atoms with Crippen LogP contribution in [0.5, 0.6) is 0 Å². The second-order valence-electron chi connectivity index (χ2n) is 5.94. The smallest absolute Gasteiger partial charge is 0.240 e. The Balaban J connectivity index is 2.25. The van der Waals surface area contributed by atoms with E-state index >= 15 is 0 Å². The molecule has 1 aromatic carbocycles. The monoisotopic (exact) mass is 346 g/mol. The van der Waals surface area contributed by atoms with Gasteiger partial charge in [0.05, 0.1) is 24.0 Å². The van der Waals surface area contributed by atoms with Crippen LogP contribution in [0.4, 0.5) is 0 Å². The second-order valence-corrected chi connectivity index (χ2v) is 6.31. The highest BCUT2D eigenvalue weighted by atomic mass is 32.1. The van der Waals surface area contributed by atoms with Crippen LogP contribution in [0.1, 0.15) is 38.1 Å². The van der Waals surface area contributed by atoms with Crippen molar-refractivity contribution in [2.24, 2.45) is 5.73 Å². The fourth-order valence-corrected chi connectivity index (χ4v) is 2.83. The zero-order chi connectivity index (χ0) is 17.5. The minimum atomic E-state index is -0.592. The van der Waals surface area contributed by atoms with Gasteiger partial charge >= 0.3 is 0 Å². The molecule has 130 valence electrons. The third-order valence-corrected chi connectivity index (χ3v) is 4.55. The molecule has 24 heavy (non-hydrogen) atoms. The Morgan fingerprint density at radius 2 is 2.08 bits per heavy atom. The molecule has 1 unspecified atom stereocenters. The number of H-pyrrole nitrogens is 1. The lowest BCUT2D eigenvalue weighted by Gasteiger charge is -2.28. The van der Waals surface area contributed by atoms with Crippen molar-refractivity contribution in [2.75, 3.05) is 12.8 Å². The average Bonchev–Trinajstić information content (AvgIpc) is 3.11. The van der Waals surface area contributed by atoms with Crippen molar-refractivity contribution in [3.05, 3.63) is 42.4 Å². The van der Waals surface area contributed by atoms with Crippen molar-refractivity contribution < 1.29 is 4.79 Å². The molecule has 0 saturated carbocycles. The SMILES string of the molecule is CCCC[C@@H](c1ncc(-c2ccccc2)[nH]1)N(C)C(=O)C(N)CS. The number of hydrogen-bond donors (Lipinski definition) is 3. The second kappa shape index (κ2) is 8.89. The molecule has 0 saturated heterocycles. The summed E-state index contributed by atoms with van der Waals surface area (Å²) in [7, 11) is 1.79. The summed E-state index contributed by atoms with van der Waals surface area (Å²) in [5.41, 5.74) is 7.89. The van der Waals surface area contributed by atoms with Gasteiger partial charge in [-0.05, 0) is 12.0 Å². The first kappa shape index (κ1) is 18.5. The Labute approximate surface area is 149 Å². The van der Waals surface area contributed by atoms with Crippen LogP contribution in [0.3, 0.4) is 0 Å². The molecule has 1 amide bonds. The van der Waals surface area contributed by atoms with Crippen LogP contribution in [0.15, 0.2) is 36.5 Å². The number of aromatic amines is 1. The highest BCUT2D eigenvalue weighted by Crippen LogP contribution is 2.26. The Morgan fingerprint density at radius 1 is 1.38 bits per heavy atom. The molecule has 0 aliphatic rings. The number of nitrogens with one attached hydrogen (secondary N) is 1. The number of nitrogens with two attached hydrogens (primary N) is 1. The molecule has 2 rings (SSSR count). The third kappa shape index (κ3) is 4.39. The summed E-state index contributed by atoms with van der Waals surface area (Å²) < 4.78 is 0. The lowest BCUT2D eigenvalue weighted by Crippen LogP contribution is -2.44. The maximum Gasteiger partial charge on any atom is 0.240 e. The minimum absolute atomic E-state index is 0.108. The number of carbonyl (C=O) groups excluding carboxylic acids is 1. The lowest BCUT2D eigenvalue weighted by molar-refractivity contribution is -0.133. The summed E-state index contributed by atoms with van der Waals surface area (Å²) in [6, 6.07) is 9.33. The Kier molecular flexibility index (Phi) is 6.87. The maximum atomic E-state index is 12.4. The van der Waals surface area contributed by atoms with Crippen molar-refractivity contribution in [1.82, 2.24) is 14.9 Å². The van der Waals surface area contributed by atoms with Gasteiger partial charge in [0.15, 0.2) is 0 Å². The molecule has 2 aromatic rings. The summed E-state index contributed by atoms with van der Waals surface area (Å²) in [6.07, 6.45) is 4.74. The fraction of sp³-hybridized carbons (Fsp3) is 0.444. The van der Waals surface area contributed by atoms with Crippen molar-refractivity contribution in [1.29, 1.82) is 0 Å². The highest BCUT2D eigenvalue weighted by Gasteiger charge is 2.26. The van der Waals surface area contributed by atoms with Crippen LogP contribution in [0, 0.1) is 0 Å². The molecule has 3 N–H and O–H groups in total. The molecule has 0 fully saturated rings. The number of likely N-dealkylation sites (N-methyl/N-ethyl adjacent to an activating group) is 1. The van der Waals surface area contributed by atoms with E-state index in [0.29, 0.717) is 5.75 Å². The summed E-state index contributed by atoms with van der Waals surface area (Å²) in [6.45, 7) is 2.13. The van der Waals surface area contributed by atoms with Gasteiger partial charge < -0.3 is 15.6 Å². The number of unbranched alkanes of at least 4 members (excludes halogenated alkanes) is 1. The molecule has 0 aliphatic carbocycles. The van der Waals surface area contributed by atoms with Crippen LogP contribution < -0.4 is 5.73 Å². The molecule has 6 heteroatoms. The highest BCUT2D eigenvalue weighted by molar-refractivity contribution is 7.80. The number of benzene rings is 1. The van der Waals surface area contributed by atoms with E-state index in [1.54, 1.807) is 11.9 Å². The number of amides is 1. The summed E-state index contributed by atoms with van der Waals surface area (Å²) >= 11 is 4.13. The van der Waals surface area contributed by atoms with Crippen LogP contribution in [-0.2, 0) is 4.79 Å². The van der Waals surface area contributed by atoms with Gasteiger partial charge in [0.2, 0.25) is 5.91 Å². The van der Waals surface area contributed by atoms with Crippen LogP contribution >= 0.6 is 12.6 Å². The van der Waals surface area contributed by atoms with Gasteiger partial charge in [-0.3, -0.25) is 4.79 Å². The lowest BCUT2D eigenvalue weighted by atomic mass is 10.1. The summed E-state index contributed by atoms with van der Waals surface area (Å²) in [4.78, 5) is 22.0. The first-order valence-corrected chi connectivity index (χ1v) is 8.95. The number of hydrogen-bond acceptors (Lipinski definition) is 4. The summed E-state index contributed by atoms with van der Waals surface area (Å²) in [5.74, 6) is 1.02. The molecule has 0 aliphatic heterocycles. The molecular formula is C18H26N4OS. The molecule has 0 radical (unpaired) electrons. The van der Waals surface area contributed by atoms with Gasteiger partial charge in [0, 0.05) is 12.8 Å². The van der Waals surface area contributed by atoms with Gasteiger partial charge in [-0.15, -0.1) is 0 Å². The Morgan fingerprint density at radius 3 is 2.71 bits per heavy atom. The number of thiol groups is 1. The molecule has 0 spiro atoms. The van der Waals surface area contributed by atoms with E-state index in [2.05, 4.69) is 29.5 Å². The van der Waals surface area contributed by atoms with Gasteiger partial charge in [-0.25, -0.2) is 4.98 Å². The van der Waals surface area contributed by atoms with Gasteiger partial charge in [-0.1, -0.05) is 50.1 Å². The molecular weight excluding hydrogens is 320 g/mol. The quantitative estimate of drug-likeness (QED) is 0.643. The van der Waals surface area contributed by atoms with E-state index in [4.69, 9.17) is 5.73 Å². The largest absolute Gasteiger partial charge is 0.340 e. The predicted octanol–water partition coefficient (Wildman–Crippen LogP) is 3.02. The van der Waals surface area contributed by atoms with Gasteiger partial charge in [-0.2, -0.15) is 12.6 Å². The number of carbonyl (C=O) groups is 1. The summed E-state index contributed by atoms with van der Waals surface area (Å²) in [5, 5.41) is 0. The predicted molar refractivity (Wildman–Crippen MR) is 101 cm³/mol. The standard InChI is InChI=1S/C18H26N4OS/c1-3-4-10-16(22(2)18(23)14(19)12-24)17-20-11-15(21-17)13-8-6-5-7-9-13/h5-9,11,14,16,24H,3-4,10,12,19H2,1-2H3,(H,20,21)/t14?,16-/m0/s1. The van der Waals surface area contributed by atoms with Crippen molar-refractivity contribution in [3.63, 3.8) is 0 Å². The van der Waals surface area contributed by atoms with Crippen molar-refractivity contribution in [3.8, 4) is 11.3 Å². The topological polar surface area (TPSA) is 75.0 Å². The first-order valence-electron chi connectivity index (χ1n) is 8.31. The zero-order valence-electron chi connectivity index (χ0n) is 14.3. The van der Waals surface area contributed by atoms with Crippen LogP contribution in [0.2, 0.25) is 0 Å². The van der Waals surface area contributed by atoms with E-state index in [1.807, 2.05) is 36.5 Å². The molecule has 2 atom stereocenters. The van der Waals surface area contributed by atoms with E-state index in [0.717, 1.165) is 36.3 Å². The Bertz CT molecular complexity index is 643.